The largest absolute Gasteiger partial charge is 0.465 e. The number of esters is 1. The van der Waals surface area contributed by atoms with Gasteiger partial charge >= 0.3 is 12.1 Å². The van der Waals surface area contributed by atoms with E-state index in [0.29, 0.717) is 16.6 Å². The molecular weight excluding hydrogens is 304 g/mol. The molecule has 0 radical (unpaired) electrons. The summed E-state index contributed by atoms with van der Waals surface area (Å²) >= 11 is 0. The number of hydrazine groups is 1. The number of hydrogen-bond donors (Lipinski definition) is 2. The molecule has 0 bridgehead atoms. The van der Waals surface area contributed by atoms with Crippen molar-refractivity contribution in [2.24, 2.45) is 7.05 Å². The highest BCUT2D eigenvalue weighted by Gasteiger charge is 2.12. The van der Waals surface area contributed by atoms with Crippen molar-refractivity contribution in [3.05, 3.63) is 34.1 Å². The van der Waals surface area contributed by atoms with E-state index in [-0.39, 0.29) is 12.4 Å². The summed E-state index contributed by atoms with van der Waals surface area (Å²) in [5, 5.41) is 0. The molecule has 2 N–H and O–H groups in total. The van der Waals surface area contributed by atoms with E-state index < -0.39 is 17.6 Å². The number of ether oxygens (including phenoxy) is 2. The molecule has 0 aliphatic carbocycles. The second kappa shape index (κ2) is 6.77. The van der Waals surface area contributed by atoms with Crippen LogP contribution in [-0.4, -0.2) is 35.3 Å². The Hall–Kier alpha value is -3.10. The zero-order valence-electron chi connectivity index (χ0n) is 12.9. The van der Waals surface area contributed by atoms with Crippen LogP contribution in [0.4, 0.5) is 10.6 Å². The van der Waals surface area contributed by atoms with Crippen LogP contribution in [0.3, 0.4) is 0 Å². The lowest BCUT2D eigenvalue weighted by molar-refractivity contribution is 0.0601. The molecule has 1 aromatic heterocycles. The highest BCUT2D eigenvalue weighted by Crippen LogP contribution is 2.14. The van der Waals surface area contributed by atoms with E-state index in [2.05, 4.69) is 25.3 Å². The number of aryl methyl sites for hydroxylation is 1. The lowest BCUT2D eigenvalue weighted by atomic mass is 10.2. The van der Waals surface area contributed by atoms with Gasteiger partial charge < -0.3 is 14.0 Å². The first-order valence-electron chi connectivity index (χ1n) is 6.75. The number of carbonyl (C=O) groups excluding carboxylic acids is 2. The average molecular weight is 320 g/mol. The molecule has 0 saturated heterocycles. The molecule has 1 amide bonds. The fourth-order valence-electron chi connectivity index (χ4n) is 1.94. The summed E-state index contributed by atoms with van der Waals surface area (Å²) in [6.07, 6.45) is -0.736. The Labute approximate surface area is 131 Å². The topological polar surface area (TPSA) is 112 Å². The molecule has 1 heterocycles. The third kappa shape index (κ3) is 3.39. The number of rotatable bonds is 4. The number of aromatic nitrogens is 2. The van der Waals surface area contributed by atoms with Gasteiger partial charge in [0.15, 0.2) is 0 Å². The summed E-state index contributed by atoms with van der Waals surface area (Å²) in [6.45, 7) is 1.85. The first-order valence-corrected chi connectivity index (χ1v) is 6.75. The van der Waals surface area contributed by atoms with Crippen molar-refractivity contribution in [2.75, 3.05) is 19.1 Å². The van der Waals surface area contributed by atoms with Gasteiger partial charge in [-0.05, 0) is 25.1 Å². The highest BCUT2D eigenvalue weighted by molar-refractivity contribution is 5.93. The number of benzene rings is 1. The van der Waals surface area contributed by atoms with Crippen molar-refractivity contribution in [3.8, 4) is 0 Å². The SMILES string of the molecule is CCOC(=O)NNc1nc2cc(C(=O)OC)ccc2n(C)c1=O. The van der Waals surface area contributed by atoms with Gasteiger partial charge in [0.05, 0.1) is 30.3 Å². The zero-order chi connectivity index (χ0) is 17.0. The smallest absolute Gasteiger partial charge is 0.425 e. The summed E-state index contributed by atoms with van der Waals surface area (Å²) in [5.74, 6) is -0.614. The van der Waals surface area contributed by atoms with Crippen LogP contribution in [0.5, 0.6) is 0 Å². The number of nitrogens with one attached hydrogen (secondary N) is 2. The number of fused-ring (bicyclic) bond motifs is 1. The van der Waals surface area contributed by atoms with E-state index in [9.17, 15) is 14.4 Å². The van der Waals surface area contributed by atoms with Gasteiger partial charge in [0.1, 0.15) is 0 Å². The standard InChI is InChI=1S/C14H16N4O5/c1-4-23-14(21)17-16-11-12(19)18(2)10-6-5-8(13(20)22-3)7-9(10)15-11/h5-7H,4H2,1-3H3,(H,15,16)(H,17,21). The van der Waals surface area contributed by atoms with Crippen LogP contribution < -0.4 is 16.4 Å². The van der Waals surface area contributed by atoms with Gasteiger partial charge in [0.25, 0.3) is 5.56 Å². The summed E-state index contributed by atoms with van der Waals surface area (Å²) in [6, 6.07) is 4.63. The molecule has 122 valence electrons. The fourth-order valence-corrected chi connectivity index (χ4v) is 1.94. The van der Waals surface area contributed by atoms with E-state index in [0.717, 1.165) is 0 Å². The zero-order valence-corrected chi connectivity index (χ0v) is 12.9. The molecule has 2 rings (SSSR count). The number of methoxy groups -OCH3 is 1. The lowest BCUT2D eigenvalue weighted by Crippen LogP contribution is -2.34. The maximum Gasteiger partial charge on any atom is 0.425 e. The van der Waals surface area contributed by atoms with E-state index in [1.54, 1.807) is 26.1 Å². The third-order valence-corrected chi connectivity index (χ3v) is 3.06. The van der Waals surface area contributed by atoms with Gasteiger partial charge in [-0.25, -0.2) is 20.0 Å². The average Bonchev–Trinajstić information content (AvgIpc) is 2.55. The van der Waals surface area contributed by atoms with Crippen molar-refractivity contribution in [1.82, 2.24) is 15.0 Å². The molecule has 0 saturated carbocycles. The summed E-state index contributed by atoms with van der Waals surface area (Å²) in [7, 11) is 2.83. The van der Waals surface area contributed by atoms with Crippen LogP contribution >= 0.6 is 0 Å². The van der Waals surface area contributed by atoms with Crippen molar-refractivity contribution < 1.29 is 19.1 Å². The molecule has 0 aliphatic heterocycles. The van der Waals surface area contributed by atoms with E-state index in [1.165, 1.54) is 17.7 Å². The van der Waals surface area contributed by atoms with Crippen LogP contribution in [0.2, 0.25) is 0 Å². The molecule has 0 aliphatic rings. The molecular formula is C14H16N4O5. The minimum Gasteiger partial charge on any atom is -0.465 e. The molecule has 2 aromatic rings. The van der Waals surface area contributed by atoms with Gasteiger partial charge in [0, 0.05) is 7.05 Å². The van der Waals surface area contributed by atoms with Crippen molar-refractivity contribution in [1.29, 1.82) is 0 Å². The van der Waals surface area contributed by atoms with E-state index in [4.69, 9.17) is 0 Å². The lowest BCUT2D eigenvalue weighted by Gasteiger charge is -2.11. The predicted molar refractivity (Wildman–Crippen MR) is 82.1 cm³/mol. The Morgan fingerprint density at radius 2 is 2.09 bits per heavy atom. The highest BCUT2D eigenvalue weighted by atomic mass is 16.6. The Morgan fingerprint density at radius 1 is 1.35 bits per heavy atom. The first kappa shape index (κ1) is 16.3. The molecule has 0 unspecified atom stereocenters. The van der Waals surface area contributed by atoms with Gasteiger partial charge in [-0.1, -0.05) is 0 Å². The van der Waals surface area contributed by atoms with E-state index >= 15 is 0 Å². The van der Waals surface area contributed by atoms with Gasteiger partial charge in [-0.15, -0.1) is 0 Å². The minimum atomic E-state index is -0.736. The first-order chi connectivity index (χ1) is 11.0. The Balaban J connectivity index is 2.41. The predicted octanol–water partition coefficient (Wildman–Crippen LogP) is 0.793. The summed E-state index contributed by atoms with van der Waals surface area (Å²) in [5.41, 5.74) is 5.39. The fraction of sp³-hybridized carbons (Fsp3) is 0.286. The third-order valence-electron chi connectivity index (χ3n) is 3.06. The Bertz CT molecular complexity index is 815. The maximum atomic E-state index is 12.2. The van der Waals surface area contributed by atoms with Gasteiger partial charge in [-0.2, -0.15) is 0 Å². The van der Waals surface area contributed by atoms with Crippen LogP contribution in [0.1, 0.15) is 17.3 Å². The number of anilines is 1. The maximum absolute atomic E-state index is 12.2. The molecule has 0 spiro atoms. The number of hydrogen-bond acceptors (Lipinski definition) is 7. The summed E-state index contributed by atoms with van der Waals surface area (Å²) in [4.78, 5) is 39.1. The number of carbonyl (C=O) groups is 2. The monoisotopic (exact) mass is 320 g/mol. The van der Waals surface area contributed by atoms with Crippen LogP contribution in [0, 0.1) is 0 Å². The van der Waals surface area contributed by atoms with Crippen molar-refractivity contribution in [2.45, 2.75) is 6.92 Å². The normalized spacial score (nSPS) is 10.2. The molecule has 23 heavy (non-hydrogen) atoms. The number of amides is 1. The van der Waals surface area contributed by atoms with Crippen molar-refractivity contribution >= 4 is 28.9 Å². The van der Waals surface area contributed by atoms with Gasteiger partial charge in [-0.3, -0.25) is 10.2 Å². The second-order valence-electron chi connectivity index (χ2n) is 4.49. The van der Waals surface area contributed by atoms with Crippen LogP contribution in [0.15, 0.2) is 23.0 Å². The Morgan fingerprint density at radius 3 is 2.74 bits per heavy atom. The van der Waals surface area contributed by atoms with Crippen molar-refractivity contribution in [3.63, 3.8) is 0 Å². The Kier molecular flexibility index (Phi) is 4.79. The van der Waals surface area contributed by atoms with Crippen LogP contribution in [0.25, 0.3) is 11.0 Å². The van der Waals surface area contributed by atoms with Crippen LogP contribution in [-0.2, 0) is 16.5 Å². The number of nitrogens with zero attached hydrogens (tertiary/aromatic N) is 2. The molecule has 9 heteroatoms. The molecule has 9 nitrogen and oxygen atoms in total. The molecule has 1 aromatic carbocycles. The summed E-state index contributed by atoms with van der Waals surface area (Å²) < 4.78 is 10.7. The molecule has 0 fully saturated rings. The quantitative estimate of drug-likeness (QED) is 0.633. The minimum absolute atomic E-state index is 0.102. The van der Waals surface area contributed by atoms with Gasteiger partial charge in [0.2, 0.25) is 5.82 Å². The van der Waals surface area contributed by atoms with E-state index in [1.807, 2.05) is 0 Å². The second-order valence-corrected chi connectivity index (χ2v) is 4.49. The molecule has 0 atom stereocenters.